The second-order valence-corrected chi connectivity index (χ2v) is 4.31. The van der Waals surface area contributed by atoms with Crippen molar-refractivity contribution in [1.29, 1.82) is 0 Å². The fraction of sp³-hybridized carbons (Fsp3) is 0. The number of benzene rings is 1. The van der Waals surface area contributed by atoms with Crippen molar-refractivity contribution in [3.63, 3.8) is 0 Å². The Morgan fingerprint density at radius 3 is 2.80 bits per heavy atom. The van der Waals surface area contributed by atoms with Crippen LogP contribution >= 0.6 is 0 Å². The number of fused-ring (bicyclic) bond motifs is 1. The summed E-state index contributed by atoms with van der Waals surface area (Å²) in [6.45, 7) is 0. The summed E-state index contributed by atoms with van der Waals surface area (Å²) in [5, 5.41) is 9.20. The molecule has 0 aliphatic rings. The second kappa shape index (κ2) is 4.34. The number of anilines is 1. The van der Waals surface area contributed by atoms with Crippen molar-refractivity contribution in [1.82, 2.24) is 9.38 Å². The molecule has 100 valence electrons. The van der Waals surface area contributed by atoms with Gasteiger partial charge >= 0.3 is 5.97 Å². The molecule has 2 heterocycles. The van der Waals surface area contributed by atoms with Gasteiger partial charge in [-0.1, -0.05) is 12.1 Å². The lowest BCUT2D eigenvalue weighted by atomic mass is 10.2. The highest BCUT2D eigenvalue weighted by Gasteiger charge is 2.18. The molecule has 2 aromatic heterocycles. The predicted molar refractivity (Wildman–Crippen MR) is 72.0 cm³/mol. The number of carboxylic acid groups (broad SMARTS) is 1. The Kier molecular flexibility index (Phi) is 2.64. The minimum Gasteiger partial charge on any atom is -0.476 e. The Morgan fingerprint density at radius 2 is 2.10 bits per heavy atom. The molecule has 3 aromatic rings. The summed E-state index contributed by atoms with van der Waals surface area (Å²) in [6.07, 6.45) is 1.62. The largest absolute Gasteiger partial charge is 0.476 e. The van der Waals surface area contributed by atoms with E-state index in [1.165, 1.54) is 18.2 Å². The van der Waals surface area contributed by atoms with Gasteiger partial charge in [-0.15, -0.1) is 0 Å². The quantitative estimate of drug-likeness (QED) is 0.750. The topological polar surface area (TPSA) is 80.6 Å². The number of hydrogen-bond acceptors (Lipinski definition) is 3. The Bertz CT molecular complexity index is 826. The van der Waals surface area contributed by atoms with Crippen molar-refractivity contribution >= 4 is 17.2 Å². The van der Waals surface area contributed by atoms with Crippen LogP contribution in [0.1, 0.15) is 10.5 Å². The van der Waals surface area contributed by atoms with Crippen LogP contribution in [-0.4, -0.2) is 20.5 Å². The van der Waals surface area contributed by atoms with E-state index in [0.29, 0.717) is 22.6 Å². The van der Waals surface area contributed by atoms with Crippen LogP contribution in [0, 0.1) is 5.82 Å². The zero-order valence-corrected chi connectivity index (χ0v) is 10.2. The minimum atomic E-state index is -1.16. The lowest BCUT2D eigenvalue weighted by Gasteiger charge is -2.02. The zero-order valence-electron chi connectivity index (χ0n) is 10.2. The van der Waals surface area contributed by atoms with Crippen LogP contribution in [0.2, 0.25) is 0 Å². The molecule has 20 heavy (non-hydrogen) atoms. The molecule has 0 saturated heterocycles. The number of carboxylic acids is 1. The van der Waals surface area contributed by atoms with Crippen LogP contribution in [0.5, 0.6) is 0 Å². The van der Waals surface area contributed by atoms with E-state index in [2.05, 4.69) is 4.98 Å². The average Bonchev–Trinajstić information content (AvgIpc) is 2.77. The molecule has 3 N–H and O–H groups in total. The summed E-state index contributed by atoms with van der Waals surface area (Å²) < 4.78 is 14.9. The van der Waals surface area contributed by atoms with E-state index in [0.717, 1.165) is 0 Å². The van der Waals surface area contributed by atoms with Crippen LogP contribution < -0.4 is 5.73 Å². The van der Waals surface area contributed by atoms with Crippen molar-refractivity contribution in [3.05, 3.63) is 54.1 Å². The van der Waals surface area contributed by atoms with E-state index in [9.17, 15) is 14.3 Å². The Morgan fingerprint density at radius 1 is 1.30 bits per heavy atom. The number of aromatic carboxylic acids is 1. The first-order valence-electron chi connectivity index (χ1n) is 5.83. The predicted octanol–water partition coefficient (Wildman–Crippen LogP) is 2.42. The smallest absolute Gasteiger partial charge is 0.356 e. The van der Waals surface area contributed by atoms with Gasteiger partial charge in [-0.3, -0.25) is 4.40 Å². The van der Waals surface area contributed by atoms with Gasteiger partial charge in [0.15, 0.2) is 5.69 Å². The van der Waals surface area contributed by atoms with Gasteiger partial charge in [0.1, 0.15) is 11.6 Å². The van der Waals surface area contributed by atoms with Crippen molar-refractivity contribution in [2.45, 2.75) is 0 Å². The monoisotopic (exact) mass is 271 g/mol. The standard InChI is InChI=1S/C14H10FN3O2/c15-9-3-1-2-8(6-9)13-17-12(14(19)20)11-7-10(16)4-5-18(11)13/h1-7H,16H2,(H,19,20). The highest BCUT2D eigenvalue weighted by atomic mass is 19.1. The van der Waals surface area contributed by atoms with Gasteiger partial charge in [0.2, 0.25) is 0 Å². The molecule has 3 rings (SSSR count). The first kappa shape index (κ1) is 12.2. The van der Waals surface area contributed by atoms with Gasteiger partial charge in [-0.25, -0.2) is 14.2 Å². The molecule has 0 saturated carbocycles. The van der Waals surface area contributed by atoms with E-state index < -0.39 is 11.8 Å². The van der Waals surface area contributed by atoms with Crippen molar-refractivity contribution in [2.75, 3.05) is 5.73 Å². The number of nitrogen functional groups attached to an aromatic ring is 1. The third kappa shape index (κ3) is 1.87. The number of nitrogens with two attached hydrogens (primary N) is 1. The maximum atomic E-state index is 13.3. The number of halogens is 1. The van der Waals surface area contributed by atoms with Gasteiger partial charge in [-0.05, 0) is 24.3 Å². The van der Waals surface area contributed by atoms with Crippen LogP contribution in [0.4, 0.5) is 10.1 Å². The first-order chi connectivity index (χ1) is 9.56. The molecule has 5 nitrogen and oxygen atoms in total. The highest BCUT2D eigenvalue weighted by molar-refractivity contribution is 5.95. The molecule has 0 fully saturated rings. The number of imidazole rings is 1. The maximum Gasteiger partial charge on any atom is 0.356 e. The summed E-state index contributed by atoms with van der Waals surface area (Å²) in [6, 6.07) is 8.98. The summed E-state index contributed by atoms with van der Waals surface area (Å²) in [4.78, 5) is 15.3. The maximum absolute atomic E-state index is 13.3. The fourth-order valence-corrected chi connectivity index (χ4v) is 2.09. The molecule has 1 aromatic carbocycles. The molecule has 0 spiro atoms. The highest BCUT2D eigenvalue weighted by Crippen LogP contribution is 2.24. The average molecular weight is 271 g/mol. The van der Waals surface area contributed by atoms with E-state index in [1.807, 2.05) is 0 Å². The molecule has 0 unspecified atom stereocenters. The lowest BCUT2D eigenvalue weighted by molar-refractivity contribution is 0.0693. The van der Waals surface area contributed by atoms with Gasteiger partial charge in [0.05, 0.1) is 5.52 Å². The Balaban J connectivity index is 2.34. The summed E-state index contributed by atoms with van der Waals surface area (Å²) in [7, 11) is 0. The van der Waals surface area contributed by atoms with Gasteiger partial charge < -0.3 is 10.8 Å². The van der Waals surface area contributed by atoms with Gasteiger partial charge in [-0.2, -0.15) is 0 Å². The van der Waals surface area contributed by atoms with Crippen LogP contribution in [0.15, 0.2) is 42.6 Å². The number of hydrogen-bond donors (Lipinski definition) is 2. The molecule has 0 aliphatic carbocycles. The Labute approximate surface area is 113 Å². The van der Waals surface area contributed by atoms with Crippen LogP contribution in [0.3, 0.4) is 0 Å². The number of rotatable bonds is 2. The van der Waals surface area contributed by atoms with Crippen molar-refractivity contribution in [2.24, 2.45) is 0 Å². The van der Waals surface area contributed by atoms with E-state index in [4.69, 9.17) is 5.73 Å². The van der Waals surface area contributed by atoms with E-state index >= 15 is 0 Å². The number of carbonyl (C=O) groups is 1. The van der Waals surface area contributed by atoms with Crippen molar-refractivity contribution < 1.29 is 14.3 Å². The molecule has 6 heteroatoms. The summed E-state index contributed by atoms with van der Waals surface area (Å²) in [5.41, 5.74) is 6.86. The van der Waals surface area contributed by atoms with E-state index in [1.54, 1.807) is 28.8 Å². The van der Waals surface area contributed by atoms with Crippen molar-refractivity contribution in [3.8, 4) is 11.4 Å². The number of nitrogens with zero attached hydrogens (tertiary/aromatic N) is 2. The molecular formula is C14H10FN3O2. The molecule has 0 bridgehead atoms. The Hall–Kier alpha value is -2.89. The first-order valence-corrected chi connectivity index (χ1v) is 5.83. The third-order valence-corrected chi connectivity index (χ3v) is 2.95. The van der Waals surface area contributed by atoms with Gasteiger partial charge in [0, 0.05) is 17.4 Å². The van der Waals surface area contributed by atoms with Gasteiger partial charge in [0.25, 0.3) is 0 Å². The zero-order chi connectivity index (χ0) is 14.3. The third-order valence-electron chi connectivity index (χ3n) is 2.95. The van der Waals surface area contributed by atoms with E-state index in [-0.39, 0.29) is 5.69 Å². The molecule has 0 amide bonds. The molecule has 0 radical (unpaired) electrons. The fourth-order valence-electron chi connectivity index (χ4n) is 2.09. The minimum absolute atomic E-state index is 0.114. The second-order valence-electron chi connectivity index (χ2n) is 4.31. The van der Waals surface area contributed by atoms with Crippen LogP contribution in [-0.2, 0) is 0 Å². The SMILES string of the molecule is Nc1ccn2c(-c3cccc(F)c3)nc(C(=O)O)c2c1. The lowest BCUT2D eigenvalue weighted by Crippen LogP contribution is -1.97. The summed E-state index contributed by atoms with van der Waals surface area (Å²) >= 11 is 0. The normalized spacial score (nSPS) is 10.8. The molecule has 0 aliphatic heterocycles. The molecule has 0 atom stereocenters. The number of aromatic nitrogens is 2. The molecular weight excluding hydrogens is 261 g/mol. The number of pyridine rings is 1. The van der Waals surface area contributed by atoms with Crippen LogP contribution in [0.25, 0.3) is 16.9 Å². The summed E-state index contributed by atoms with van der Waals surface area (Å²) in [5.74, 6) is -1.21.